The Morgan fingerprint density at radius 1 is 1.50 bits per heavy atom. The maximum Gasteiger partial charge on any atom is 0.275 e. The third-order valence-electron chi connectivity index (χ3n) is 1.41. The summed E-state index contributed by atoms with van der Waals surface area (Å²) < 4.78 is 30.0. The van der Waals surface area contributed by atoms with Gasteiger partial charge in [0.05, 0.1) is 0 Å². The van der Waals surface area contributed by atoms with Gasteiger partial charge in [-0.25, -0.2) is 0 Å². The molecule has 0 radical (unpaired) electrons. The van der Waals surface area contributed by atoms with Crippen LogP contribution in [0.4, 0.5) is 0 Å². The van der Waals surface area contributed by atoms with Gasteiger partial charge < -0.3 is 0 Å². The Hall–Kier alpha value is -0.680. The first-order valence-corrected chi connectivity index (χ1v) is 4.93. The predicted molar refractivity (Wildman–Crippen MR) is 45.4 cm³/mol. The van der Waals surface area contributed by atoms with E-state index >= 15 is 0 Å². The third kappa shape index (κ3) is 2.75. The van der Waals surface area contributed by atoms with Crippen LogP contribution < -0.4 is 0 Å². The average Bonchev–Trinajstić information content (AvgIpc) is 1.83. The molecule has 0 aromatic carbocycles. The van der Waals surface area contributed by atoms with Crippen molar-refractivity contribution in [1.82, 2.24) is 0 Å². The van der Waals surface area contributed by atoms with E-state index < -0.39 is 27.1 Å². The molecule has 0 amide bonds. The van der Waals surface area contributed by atoms with Gasteiger partial charge >= 0.3 is 0 Å². The zero-order valence-electron chi connectivity index (χ0n) is 7.02. The van der Waals surface area contributed by atoms with Gasteiger partial charge in [-0.2, -0.15) is 8.42 Å². The lowest BCUT2D eigenvalue weighted by molar-refractivity contribution is -0.114. The van der Waals surface area contributed by atoms with E-state index in [4.69, 9.17) is 4.55 Å². The molecule has 1 N–H and O–H groups in total. The van der Waals surface area contributed by atoms with Gasteiger partial charge in [0.1, 0.15) is 0 Å². The maximum atomic E-state index is 10.9. The van der Waals surface area contributed by atoms with Crippen LogP contribution in [-0.4, -0.2) is 24.0 Å². The van der Waals surface area contributed by atoms with E-state index in [1.54, 1.807) is 13.8 Å². The van der Waals surface area contributed by atoms with E-state index in [0.29, 0.717) is 0 Å². The van der Waals surface area contributed by atoms with E-state index in [-0.39, 0.29) is 0 Å². The van der Waals surface area contributed by atoms with Crippen molar-refractivity contribution in [3.05, 3.63) is 12.7 Å². The molecule has 0 fully saturated rings. The molecule has 1 unspecified atom stereocenters. The van der Waals surface area contributed by atoms with Gasteiger partial charge in [-0.1, -0.05) is 20.4 Å². The van der Waals surface area contributed by atoms with Gasteiger partial charge in [0.15, 0.2) is 11.0 Å². The van der Waals surface area contributed by atoms with Crippen molar-refractivity contribution in [1.29, 1.82) is 0 Å². The van der Waals surface area contributed by atoms with Crippen LogP contribution in [0.5, 0.6) is 0 Å². The average molecular weight is 192 g/mol. The van der Waals surface area contributed by atoms with Gasteiger partial charge in [-0.3, -0.25) is 9.35 Å². The first-order valence-electron chi connectivity index (χ1n) is 3.43. The summed E-state index contributed by atoms with van der Waals surface area (Å²) in [6, 6.07) is 0. The molecular weight excluding hydrogens is 180 g/mol. The van der Waals surface area contributed by atoms with Crippen molar-refractivity contribution in [3.63, 3.8) is 0 Å². The second-order valence-corrected chi connectivity index (χ2v) is 4.32. The second-order valence-electron chi connectivity index (χ2n) is 2.79. The minimum Gasteiger partial charge on any atom is -0.293 e. The van der Waals surface area contributed by atoms with Crippen molar-refractivity contribution >= 4 is 15.9 Å². The van der Waals surface area contributed by atoms with E-state index in [0.717, 1.165) is 6.08 Å². The van der Waals surface area contributed by atoms with E-state index in [2.05, 4.69) is 6.58 Å². The number of carbonyl (C=O) groups excluding carboxylic acids is 1. The SMILES string of the molecule is C=CC(=O)C(C(C)C)S(=O)(=O)O. The van der Waals surface area contributed by atoms with Gasteiger partial charge in [-0.05, 0) is 12.0 Å². The molecule has 0 spiro atoms. The molecule has 0 rings (SSSR count). The van der Waals surface area contributed by atoms with Gasteiger partial charge in [0.2, 0.25) is 0 Å². The summed E-state index contributed by atoms with van der Waals surface area (Å²) in [6.45, 7) is 6.24. The lowest BCUT2D eigenvalue weighted by Crippen LogP contribution is -2.33. The fourth-order valence-corrected chi connectivity index (χ4v) is 2.01. The zero-order valence-corrected chi connectivity index (χ0v) is 7.84. The molecular formula is C7H12O4S. The van der Waals surface area contributed by atoms with Crippen molar-refractivity contribution in [2.24, 2.45) is 5.92 Å². The Kier molecular flexibility index (Phi) is 3.60. The molecule has 5 heteroatoms. The number of ketones is 1. The predicted octanol–water partition coefficient (Wildman–Crippen LogP) is 0.654. The van der Waals surface area contributed by atoms with Crippen LogP contribution in [0.1, 0.15) is 13.8 Å². The molecule has 0 aliphatic rings. The minimum absolute atomic E-state index is 0.453. The molecule has 0 saturated carbocycles. The van der Waals surface area contributed by atoms with E-state index in [9.17, 15) is 13.2 Å². The molecule has 12 heavy (non-hydrogen) atoms. The molecule has 0 heterocycles. The van der Waals surface area contributed by atoms with Gasteiger partial charge in [-0.15, -0.1) is 0 Å². The molecule has 0 aliphatic heterocycles. The number of rotatable bonds is 4. The zero-order chi connectivity index (χ0) is 9.94. The molecule has 70 valence electrons. The Morgan fingerprint density at radius 3 is 2.00 bits per heavy atom. The van der Waals surface area contributed by atoms with E-state index in [1.807, 2.05) is 0 Å². The topological polar surface area (TPSA) is 71.4 Å². The largest absolute Gasteiger partial charge is 0.293 e. The Balaban J connectivity index is 4.94. The van der Waals surface area contributed by atoms with Crippen molar-refractivity contribution in [3.8, 4) is 0 Å². The summed E-state index contributed by atoms with van der Waals surface area (Å²) in [5.41, 5.74) is 0. The summed E-state index contributed by atoms with van der Waals surface area (Å²) in [5.74, 6) is -1.13. The van der Waals surface area contributed by atoms with Crippen LogP contribution in [0.15, 0.2) is 12.7 Å². The highest BCUT2D eigenvalue weighted by Crippen LogP contribution is 2.12. The molecule has 0 saturated heterocycles. The smallest absolute Gasteiger partial charge is 0.275 e. The molecule has 0 bridgehead atoms. The molecule has 0 aromatic heterocycles. The first-order chi connectivity index (χ1) is 5.30. The highest BCUT2D eigenvalue weighted by Gasteiger charge is 2.31. The summed E-state index contributed by atoms with van der Waals surface area (Å²) in [7, 11) is -4.30. The van der Waals surface area contributed by atoms with Crippen LogP contribution in [0.3, 0.4) is 0 Å². The Labute approximate surface area is 72.0 Å². The highest BCUT2D eigenvalue weighted by atomic mass is 32.2. The standard InChI is InChI=1S/C7H12O4S/c1-4-6(8)7(5(2)3)12(9,10)11/h4-5,7H,1H2,2-3H3,(H,9,10,11). The summed E-state index contributed by atoms with van der Waals surface area (Å²) >= 11 is 0. The van der Waals surface area contributed by atoms with Crippen LogP contribution in [-0.2, 0) is 14.9 Å². The van der Waals surface area contributed by atoms with Crippen molar-refractivity contribution in [2.75, 3.05) is 0 Å². The highest BCUT2D eigenvalue weighted by molar-refractivity contribution is 7.87. The number of allylic oxidation sites excluding steroid dienone is 1. The van der Waals surface area contributed by atoms with Crippen LogP contribution in [0, 0.1) is 5.92 Å². The number of carbonyl (C=O) groups is 1. The first kappa shape index (κ1) is 11.3. The number of hydrogen-bond acceptors (Lipinski definition) is 3. The summed E-state index contributed by atoms with van der Waals surface area (Å²) in [4.78, 5) is 10.9. The lowest BCUT2D eigenvalue weighted by atomic mass is 10.1. The fourth-order valence-electron chi connectivity index (χ4n) is 0.935. The maximum absolute atomic E-state index is 10.9. The molecule has 4 nitrogen and oxygen atoms in total. The van der Waals surface area contributed by atoms with Crippen molar-refractivity contribution in [2.45, 2.75) is 19.1 Å². The fraction of sp³-hybridized carbons (Fsp3) is 0.571. The number of hydrogen-bond donors (Lipinski definition) is 1. The van der Waals surface area contributed by atoms with Crippen LogP contribution >= 0.6 is 0 Å². The second kappa shape index (κ2) is 3.82. The Morgan fingerprint density at radius 2 is 1.92 bits per heavy atom. The van der Waals surface area contributed by atoms with Gasteiger partial charge in [0, 0.05) is 0 Å². The Bertz CT molecular complexity index is 276. The third-order valence-corrected chi connectivity index (χ3v) is 2.83. The quantitative estimate of drug-likeness (QED) is 0.524. The van der Waals surface area contributed by atoms with Crippen LogP contribution in [0.25, 0.3) is 0 Å². The summed E-state index contributed by atoms with van der Waals surface area (Å²) in [5, 5.41) is -1.38. The summed E-state index contributed by atoms with van der Waals surface area (Å²) in [6.07, 6.45) is 0.901. The minimum atomic E-state index is -4.30. The van der Waals surface area contributed by atoms with Crippen molar-refractivity contribution < 1.29 is 17.8 Å². The normalized spacial score (nSPS) is 14.3. The van der Waals surface area contributed by atoms with Crippen LogP contribution in [0.2, 0.25) is 0 Å². The molecule has 1 atom stereocenters. The molecule has 0 aliphatic carbocycles. The molecule has 0 aromatic rings. The van der Waals surface area contributed by atoms with Gasteiger partial charge in [0.25, 0.3) is 10.1 Å². The monoisotopic (exact) mass is 192 g/mol. The van der Waals surface area contributed by atoms with E-state index in [1.165, 1.54) is 0 Å². The lowest BCUT2D eigenvalue weighted by Gasteiger charge is -2.13.